The van der Waals surface area contributed by atoms with Gasteiger partial charge in [-0.05, 0) is 36.8 Å². The van der Waals surface area contributed by atoms with Crippen LogP contribution >= 0.6 is 0 Å². The fourth-order valence-corrected chi connectivity index (χ4v) is 3.66. The molecule has 0 aliphatic heterocycles. The van der Waals surface area contributed by atoms with Crippen molar-refractivity contribution < 1.29 is 18.0 Å². The van der Waals surface area contributed by atoms with Crippen LogP contribution in [0.3, 0.4) is 0 Å². The lowest BCUT2D eigenvalue weighted by molar-refractivity contribution is -0.137. The van der Waals surface area contributed by atoms with Gasteiger partial charge in [-0.15, -0.1) is 0 Å². The third-order valence-corrected chi connectivity index (χ3v) is 5.40. The zero-order valence-electron chi connectivity index (χ0n) is 15.8. The number of nitrogens with two attached hydrogens (primary N) is 1. The average Bonchev–Trinajstić information content (AvgIpc) is 3.04. The Hall–Kier alpha value is -2.42. The van der Waals surface area contributed by atoms with Crippen molar-refractivity contribution in [3.63, 3.8) is 0 Å². The molecule has 1 amide bonds. The number of nitrogens with zero attached hydrogens (tertiary/aromatic N) is 3. The van der Waals surface area contributed by atoms with Gasteiger partial charge < -0.3 is 11.1 Å². The normalized spacial score (nSPS) is 21.4. The summed E-state index contributed by atoms with van der Waals surface area (Å²) in [5.41, 5.74) is 5.45. The number of hydrogen-bond donors (Lipinski definition) is 2. The van der Waals surface area contributed by atoms with Gasteiger partial charge in [0.15, 0.2) is 0 Å². The molecule has 3 N–H and O–H groups in total. The molecule has 152 valence electrons. The van der Waals surface area contributed by atoms with Crippen LogP contribution in [0.15, 0.2) is 24.5 Å². The lowest BCUT2D eigenvalue weighted by Crippen LogP contribution is -2.43. The number of rotatable bonds is 4. The van der Waals surface area contributed by atoms with Crippen molar-refractivity contribution in [1.29, 1.82) is 0 Å². The lowest BCUT2D eigenvalue weighted by atomic mass is 9.79. The van der Waals surface area contributed by atoms with Gasteiger partial charge in [0.1, 0.15) is 11.4 Å². The maximum Gasteiger partial charge on any atom is 0.420 e. The Bertz CT molecular complexity index is 823. The number of nitrogens with one attached hydrogen (secondary N) is 1. The van der Waals surface area contributed by atoms with Crippen molar-refractivity contribution in [3.8, 4) is 11.3 Å². The van der Waals surface area contributed by atoms with Crippen LogP contribution in [0, 0.1) is 11.8 Å². The van der Waals surface area contributed by atoms with Crippen LogP contribution in [-0.2, 0) is 18.0 Å². The summed E-state index contributed by atoms with van der Waals surface area (Å²) in [7, 11) is 1.43. The highest BCUT2D eigenvalue weighted by atomic mass is 19.4. The Morgan fingerprint density at radius 3 is 2.50 bits per heavy atom. The number of pyridine rings is 1. The van der Waals surface area contributed by atoms with Crippen molar-refractivity contribution >= 4 is 11.7 Å². The highest BCUT2D eigenvalue weighted by molar-refractivity contribution is 5.94. The summed E-state index contributed by atoms with van der Waals surface area (Å²) < 4.78 is 40.6. The fraction of sp³-hybridized carbons (Fsp3) is 0.526. The molecule has 1 aliphatic carbocycles. The highest BCUT2D eigenvalue weighted by Crippen LogP contribution is 2.36. The molecule has 0 unspecified atom stereocenters. The number of carbonyl (C=O) groups is 1. The number of aryl methyl sites for hydroxylation is 1. The van der Waals surface area contributed by atoms with Crippen molar-refractivity contribution in [2.45, 2.75) is 44.8 Å². The minimum Gasteiger partial charge on any atom is -0.320 e. The van der Waals surface area contributed by atoms with Gasteiger partial charge in [-0.1, -0.05) is 19.8 Å². The van der Waals surface area contributed by atoms with E-state index in [1.165, 1.54) is 25.4 Å². The second-order valence-electron chi connectivity index (χ2n) is 7.50. The first-order valence-electron chi connectivity index (χ1n) is 9.29. The first-order valence-corrected chi connectivity index (χ1v) is 9.29. The zero-order valence-corrected chi connectivity index (χ0v) is 15.8. The van der Waals surface area contributed by atoms with Crippen molar-refractivity contribution in [3.05, 3.63) is 30.1 Å². The van der Waals surface area contributed by atoms with Crippen LogP contribution in [0.4, 0.5) is 19.0 Å². The van der Waals surface area contributed by atoms with Crippen molar-refractivity contribution in [2.75, 3.05) is 5.32 Å². The molecule has 0 saturated heterocycles. The molecule has 6 nitrogen and oxygen atoms in total. The molecular weight excluding hydrogens is 371 g/mol. The molecule has 1 aliphatic rings. The molecule has 1 atom stereocenters. The number of halogens is 3. The summed E-state index contributed by atoms with van der Waals surface area (Å²) >= 11 is 0. The number of anilines is 1. The standard InChI is InChI=1S/C19H24F3N5O/c1-11-3-5-12(6-4-11)16(23)18(28)26-15-8-7-13(9-24-15)17-14(19(20,21)22)10-25-27(17)2/h7-12,16H,3-6,23H2,1-2H3,(H,24,26,28)/t11?,12?,16-/m0/s1. The smallest absolute Gasteiger partial charge is 0.320 e. The number of amides is 1. The van der Waals surface area contributed by atoms with Crippen molar-refractivity contribution in [1.82, 2.24) is 14.8 Å². The SMILES string of the molecule is CC1CCC([C@H](N)C(=O)Nc2ccc(-c3c(C(F)(F)F)cnn3C)cn2)CC1. The summed E-state index contributed by atoms with van der Waals surface area (Å²) in [5, 5.41) is 6.36. The van der Waals surface area contributed by atoms with E-state index in [1.807, 2.05) is 0 Å². The predicted molar refractivity (Wildman–Crippen MR) is 99.2 cm³/mol. The summed E-state index contributed by atoms with van der Waals surface area (Å²) in [6.45, 7) is 2.19. The van der Waals surface area contributed by atoms with E-state index in [1.54, 1.807) is 0 Å². The van der Waals surface area contributed by atoms with Gasteiger partial charge in [0.05, 0.1) is 17.9 Å². The number of aromatic nitrogens is 3. The lowest BCUT2D eigenvalue weighted by Gasteiger charge is -2.29. The van der Waals surface area contributed by atoms with Crippen LogP contribution in [-0.4, -0.2) is 26.7 Å². The first kappa shape index (κ1) is 20.3. The van der Waals surface area contributed by atoms with Gasteiger partial charge in [0.25, 0.3) is 0 Å². The van der Waals surface area contributed by atoms with Gasteiger partial charge in [0.2, 0.25) is 5.91 Å². The van der Waals surface area contributed by atoms with Crippen LogP contribution < -0.4 is 11.1 Å². The van der Waals surface area contributed by atoms with Gasteiger partial charge in [-0.3, -0.25) is 9.48 Å². The summed E-state index contributed by atoms with van der Waals surface area (Å²) in [5.74, 6) is 0.731. The van der Waals surface area contributed by atoms with Crippen LogP contribution in [0.25, 0.3) is 11.3 Å². The van der Waals surface area contributed by atoms with E-state index in [0.29, 0.717) is 5.92 Å². The van der Waals surface area contributed by atoms with Gasteiger partial charge in [-0.2, -0.15) is 18.3 Å². The summed E-state index contributed by atoms with van der Waals surface area (Å²) in [4.78, 5) is 16.5. The first-order chi connectivity index (χ1) is 13.2. The minimum atomic E-state index is -4.51. The Labute approximate surface area is 161 Å². The number of alkyl halides is 3. The number of carbonyl (C=O) groups excluding carboxylic acids is 1. The average molecular weight is 395 g/mol. The number of hydrogen-bond acceptors (Lipinski definition) is 4. The molecule has 1 fully saturated rings. The topological polar surface area (TPSA) is 85.8 Å². The van der Waals surface area contributed by atoms with E-state index >= 15 is 0 Å². The van der Waals surface area contributed by atoms with Crippen LogP contribution in [0.2, 0.25) is 0 Å². The highest BCUT2D eigenvalue weighted by Gasteiger charge is 2.36. The Morgan fingerprint density at radius 2 is 1.93 bits per heavy atom. The van der Waals surface area contributed by atoms with Crippen LogP contribution in [0.5, 0.6) is 0 Å². The molecule has 3 rings (SSSR count). The molecule has 28 heavy (non-hydrogen) atoms. The maximum absolute atomic E-state index is 13.1. The molecule has 0 spiro atoms. The third kappa shape index (κ3) is 4.35. The summed E-state index contributed by atoms with van der Waals surface area (Å²) in [6.07, 6.45) is 1.52. The predicted octanol–water partition coefficient (Wildman–Crippen LogP) is 3.59. The van der Waals surface area contributed by atoms with Gasteiger partial charge >= 0.3 is 6.18 Å². The molecule has 2 aromatic heterocycles. The molecule has 9 heteroatoms. The zero-order chi connectivity index (χ0) is 20.5. The molecule has 2 heterocycles. The van der Waals surface area contributed by atoms with Gasteiger partial charge in [-0.25, -0.2) is 4.98 Å². The van der Waals surface area contributed by atoms with E-state index in [2.05, 4.69) is 22.3 Å². The maximum atomic E-state index is 13.1. The van der Waals surface area contributed by atoms with E-state index in [0.717, 1.165) is 36.6 Å². The fourth-order valence-electron chi connectivity index (χ4n) is 3.66. The quantitative estimate of drug-likeness (QED) is 0.828. The molecule has 2 aromatic rings. The Kier molecular flexibility index (Phi) is 5.74. The van der Waals surface area contributed by atoms with Gasteiger partial charge in [0, 0.05) is 18.8 Å². The van der Waals surface area contributed by atoms with E-state index < -0.39 is 17.8 Å². The van der Waals surface area contributed by atoms with Crippen molar-refractivity contribution in [2.24, 2.45) is 24.6 Å². The third-order valence-electron chi connectivity index (χ3n) is 5.40. The van der Waals surface area contributed by atoms with E-state index in [4.69, 9.17) is 5.73 Å². The largest absolute Gasteiger partial charge is 0.420 e. The molecular formula is C19H24F3N5O. The minimum absolute atomic E-state index is 0.0779. The second-order valence-corrected chi connectivity index (χ2v) is 7.50. The Morgan fingerprint density at radius 1 is 1.25 bits per heavy atom. The molecule has 0 bridgehead atoms. The summed E-state index contributed by atoms with van der Waals surface area (Å²) in [6, 6.07) is 2.32. The second kappa shape index (κ2) is 7.90. The monoisotopic (exact) mass is 395 g/mol. The van der Waals surface area contributed by atoms with Crippen LogP contribution in [0.1, 0.15) is 38.2 Å². The molecule has 0 radical (unpaired) electrons. The Balaban J connectivity index is 1.70. The van der Waals surface area contributed by atoms with E-state index in [9.17, 15) is 18.0 Å². The van der Waals surface area contributed by atoms with E-state index in [-0.39, 0.29) is 28.9 Å². The molecule has 0 aromatic carbocycles. The molecule has 1 saturated carbocycles.